The van der Waals surface area contributed by atoms with Crippen molar-refractivity contribution < 1.29 is 0 Å². The second-order valence-electron chi connectivity index (χ2n) is 5.97. The molecule has 1 fully saturated rings. The Labute approximate surface area is 118 Å². The molecule has 0 amide bonds. The van der Waals surface area contributed by atoms with Gasteiger partial charge in [-0.25, -0.2) is 0 Å². The van der Waals surface area contributed by atoms with Crippen molar-refractivity contribution in [1.82, 2.24) is 10.3 Å². The Balaban J connectivity index is 1.76. The molecule has 0 unspecified atom stereocenters. The first-order chi connectivity index (χ1) is 9.36. The van der Waals surface area contributed by atoms with E-state index in [-0.39, 0.29) is 0 Å². The van der Waals surface area contributed by atoms with Gasteiger partial charge in [0.1, 0.15) is 0 Å². The Morgan fingerprint density at radius 2 is 2.32 bits per heavy atom. The summed E-state index contributed by atoms with van der Waals surface area (Å²) in [5, 5.41) is 5.31. The maximum Gasteiger partial charge on any atom is 0.0459 e. The van der Waals surface area contributed by atoms with Gasteiger partial charge in [0.25, 0.3) is 0 Å². The second-order valence-corrected chi connectivity index (χ2v) is 6.88. The van der Waals surface area contributed by atoms with Crippen molar-refractivity contribution >= 4 is 22.7 Å². The first-order valence-electron chi connectivity index (χ1n) is 7.18. The molecule has 3 heteroatoms. The lowest BCUT2D eigenvalue weighted by Gasteiger charge is -2.40. The zero-order valence-electron chi connectivity index (χ0n) is 11.3. The molecule has 0 spiro atoms. The number of rotatable bonds is 2. The fraction of sp³-hybridized carbons (Fsp3) is 0.500. The lowest BCUT2D eigenvalue weighted by molar-refractivity contribution is 0.286. The number of piperidine rings is 1. The van der Waals surface area contributed by atoms with Gasteiger partial charge in [-0.3, -0.25) is 0 Å². The van der Waals surface area contributed by atoms with Crippen molar-refractivity contribution in [3.63, 3.8) is 0 Å². The van der Waals surface area contributed by atoms with E-state index in [9.17, 15) is 0 Å². The van der Waals surface area contributed by atoms with Crippen LogP contribution in [0, 0.1) is 5.92 Å². The molecule has 2 heterocycles. The van der Waals surface area contributed by atoms with E-state index in [0.29, 0.717) is 12.0 Å². The SMILES string of the molecule is CSC[C@H]1CN[C@@H]2Cc3c[nH]c4cccc(c34)[C@@H]2C1. The molecule has 0 bridgehead atoms. The van der Waals surface area contributed by atoms with Gasteiger partial charge in [0.2, 0.25) is 0 Å². The van der Waals surface area contributed by atoms with E-state index in [1.807, 2.05) is 11.8 Å². The zero-order chi connectivity index (χ0) is 12.8. The van der Waals surface area contributed by atoms with Gasteiger partial charge in [-0.15, -0.1) is 0 Å². The van der Waals surface area contributed by atoms with Crippen molar-refractivity contribution in [1.29, 1.82) is 0 Å². The van der Waals surface area contributed by atoms with E-state index in [1.54, 1.807) is 5.56 Å². The third-order valence-electron chi connectivity index (χ3n) is 4.80. The van der Waals surface area contributed by atoms with Crippen LogP contribution in [0.25, 0.3) is 10.9 Å². The Hall–Kier alpha value is -0.930. The van der Waals surface area contributed by atoms with E-state index in [0.717, 1.165) is 5.92 Å². The summed E-state index contributed by atoms with van der Waals surface area (Å²) >= 11 is 1.98. The number of aromatic amines is 1. The highest BCUT2D eigenvalue weighted by Gasteiger charge is 2.35. The molecule has 100 valence electrons. The number of nitrogens with one attached hydrogen (secondary N) is 2. The monoisotopic (exact) mass is 272 g/mol. The van der Waals surface area contributed by atoms with E-state index in [2.05, 4.69) is 41.0 Å². The summed E-state index contributed by atoms with van der Waals surface area (Å²) in [6.45, 7) is 1.19. The summed E-state index contributed by atoms with van der Waals surface area (Å²) in [7, 11) is 0. The number of benzene rings is 1. The Morgan fingerprint density at radius 1 is 1.37 bits per heavy atom. The first-order valence-corrected chi connectivity index (χ1v) is 8.57. The number of thioether (sulfide) groups is 1. The molecule has 2 aromatic rings. The molecule has 2 N–H and O–H groups in total. The van der Waals surface area contributed by atoms with Gasteiger partial charge in [0.15, 0.2) is 0 Å². The van der Waals surface area contributed by atoms with Crippen molar-refractivity contribution in [2.45, 2.75) is 24.8 Å². The quantitative estimate of drug-likeness (QED) is 0.879. The van der Waals surface area contributed by atoms with Crippen LogP contribution in [0.1, 0.15) is 23.5 Å². The molecular formula is C16H20N2S. The molecule has 19 heavy (non-hydrogen) atoms. The molecule has 1 aromatic heterocycles. The molecule has 1 aromatic carbocycles. The normalized spacial score (nSPS) is 29.4. The zero-order valence-corrected chi connectivity index (χ0v) is 12.1. The van der Waals surface area contributed by atoms with Crippen LogP contribution in [-0.2, 0) is 6.42 Å². The van der Waals surface area contributed by atoms with Gasteiger partial charge in [-0.1, -0.05) is 12.1 Å². The number of hydrogen-bond donors (Lipinski definition) is 2. The highest BCUT2D eigenvalue weighted by molar-refractivity contribution is 7.98. The number of aromatic nitrogens is 1. The highest BCUT2D eigenvalue weighted by atomic mass is 32.2. The van der Waals surface area contributed by atoms with Crippen molar-refractivity contribution in [2.75, 3.05) is 18.6 Å². The predicted molar refractivity (Wildman–Crippen MR) is 83.0 cm³/mol. The van der Waals surface area contributed by atoms with Crippen molar-refractivity contribution in [2.24, 2.45) is 5.92 Å². The van der Waals surface area contributed by atoms with Crippen LogP contribution in [0.2, 0.25) is 0 Å². The molecule has 1 aliphatic heterocycles. The molecule has 2 nitrogen and oxygen atoms in total. The standard InChI is InChI=1S/C16H20N2S/c1-19-9-10-5-13-12-3-2-4-14-16(12)11(8-18-14)6-15(13)17-7-10/h2-4,8,10,13,15,17-18H,5-7,9H2,1H3/t10-,13+,15-/m1/s1. The summed E-state index contributed by atoms with van der Waals surface area (Å²) in [5.41, 5.74) is 4.39. The molecule has 0 radical (unpaired) electrons. The fourth-order valence-electron chi connectivity index (χ4n) is 3.98. The summed E-state index contributed by atoms with van der Waals surface area (Å²) in [6, 6.07) is 7.41. The van der Waals surface area contributed by atoms with E-state index >= 15 is 0 Å². The largest absolute Gasteiger partial charge is 0.361 e. The first kappa shape index (κ1) is 11.9. The van der Waals surface area contributed by atoms with E-state index in [1.165, 1.54) is 41.6 Å². The molecule has 4 rings (SSSR count). The van der Waals surface area contributed by atoms with Crippen LogP contribution in [0.3, 0.4) is 0 Å². The van der Waals surface area contributed by atoms with Crippen molar-refractivity contribution in [3.05, 3.63) is 35.5 Å². The van der Waals surface area contributed by atoms with E-state index < -0.39 is 0 Å². The number of hydrogen-bond acceptors (Lipinski definition) is 2. The van der Waals surface area contributed by atoms with Crippen LogP contribution in [0.4, 0.5) is 0 Å². The fourth-order valence-corrected chi connectivity index (χ4v) is 4.71. The van der Waals surface area contributed by atoms with Gasteiger partial charge >= 0.3 is 0 Å². The minimum atomic E-state index is 0.645. The van der Waals surface area contributed by atoms with Gasteiger partial charge in [-0.05, 0) is 54.5 Å². The minimum absolute atomic E-state index is 0.645. The maximum absolute atomic E-state index is 3.80. The average molecular weight is 272 g/mol. The third kappa shape index (κ3) is 1.83. The maximum atomic E-state index is 3.80. The predicted octanol–water partition coefficient (Wildman–Crippen LogP) is 3.15. The summed E-state index contributed by atoms with van der Waals surface area (Å²) in [4.78, 5) is 3.43. The average Bonchev–Trinajstić information content (AvgIpc) is 2.85. The van der Waals surface area contributed by atoms with Crippen LogP contribution in [0.15, 0.2) is 24.4 Å². The third-order valence-corrected chi connectivity index (χ3v) is 5.61. The van der Waals surface area contributed by atoms with E-state index in [4.69, 9.17) is 0 Å². The van der Waals surface area contributed by atoms with Crippen LogP contribution < -0.4 is 5.32 Å². The Bertz CT molecular complexity index is 604. The molecule has 1 saturated heterocycles. The Morgan fingerprint density at radius 3 is 3.21 bits per heavy atom. The molecule has 0 saturated carbocycles. The molecular weight excluding hydrogens is 252 g/mol. The summed E-state index contributed by atoms with van der Waals surface area (Å²) < 4.78 is 0. The Kier molecular flexibility index (Phi) is 2.85. The summed E-state index contributed by atoms with van der Waals surface area (Å²) in [5.74, 6) is 2.82. The molecule has 2 aliphatic rings. The highest BCUT2D eigenvalue weighted by Crippen LogP contribution is 2.42. The van der Waals surface area contributed by atoms with Gasteiger partial charge in [0.05, 0.1) is 0 Å². The second kappa shape index (κ2) is 4.57. The van der Waals surface area contributed by atoms with Crippen LogP contribution in [0.5, 0.6) is 0 Å². The van der Waals surface area contributed by atoms with Gasteiger partial charge in [0, 0.05) is 29.1 Å². The number of fused-ring (bicyclic) bond motifs is 2. The smallest absolute Gasteiger partial charge is 0.0459 e. The van der Waals surface area contributed by atoms with Gasteiger partial charge < -0.3 is 10.3 Å². The summed E-state index contributed by atoms with van der Waals surface area (Å²) in [6.07, 6.45) is 6.97. The minimum Gasteiger partial charge on any atom is -0.361 e. The number of H-pyrrole nitrogens is 1. The lowest BCUT2D eigenvalue weighted by atomic mass is 9.73. The van der Waals surface area contributed by atoms with Crippen LogP contribution in [-0.4, -0.2) is 29.6 Å². The van der Waals surface area contributed by atoms with Crippen LogP contribution >= 0.6 is 11.8 Å². The molecule has 3 atom stereocenters. The topological polar surface area (TPSA) is 27.8 Å². The molecule has 1 aliphatic carbocycles. The van der Waals surface area contributed by atoms with Gasteiger partial charge in [-0.2, -0.15) is 11.8 Å². The lowest BCUT2D eigenvalue weighted by Crippen LogP contribution is -2.47. The van der Waals surface area contributed by atoms with Crippen molar-refractivity contribution in [3.8, 4) is 0 Å².